The quantitative estimate of drug-likeness (QED) is 0.438. The molecule has 0 saturated carbocycles. The fourth-order valence-corrected chi connectivity index (χ4v) is 2.27. The number of halogens is 1. The SMILES string of the molecule is C=C(CCCCC)Cc1ccc(Cl)cc1CC. The molecule has 1 heteroatoms. The van der Waals surface area contributed by atoms with Crippen molar-refractivity contribution in [2.75, 3.05) is 0 Å². The molecule has 0 radical (unpaired) electrons. The van der Waals surface area contributed by atoms with Gasteiger partial charge < -0.3 is 0 Å². The largest absolute Gasteiger partial charge is 0.0995 e. The Bertz CT molecular complexity index is 366. The van der Waals surface area contributed by atoms with Crippen LogP contribution in [0, 0.1) is 0 Å². The van der Waals surface area contributed by atoms with Crippen LogP contribution in [0.15, 0.2) is 30.4 Å². The molecular weight excluding hydrogens is 228 g/mol. The smallest absolute Gasteiger partial charge is 0.0408 e. The Hall–Kier alpha value is -0.750. The molecule has 0 fully saturated rings. The molecule has 1 aromatic rings. The third-order valence-corrected chi connectivity index (χ3v) is 3.36. The van der Waals surface area contributed by atoms with E-state index in [1.807, 2.05) is 6.07 Å². The van der Waals surface area contributed by atoms with E-state index < -0.39 is 0 Å². The van der Waals surface area contributed by atoms with E-state index in [-0.39, 0.29) is 0 Å². The Morgan fingerprint density at radius 3 is 2.59 bits per heavy atom. The Morgan fingerprint density at radius 2 is 1.94 bits per heavy atom. The first-order valence-corrected chi connectivity index (χ1v) is 6.99. The van der Waals surface area contributed by atoms with Crippen LogP contribution in [-0.4, -0.2) is 0 Å². The molecule has 1 aromatic carbocycles. The van der Waals surface area contributed by atoms with Gasteiger partial charge in [-0.2, -0.15) is 0 Å². The van der Waals surface area contributed by atoms with E-state index in [2.05, 4.69) is 32.6 Å². The van der Waals surface area contributed by atoms with Crippen LogP contribution in [0.3, 0.4) is 0 Å². The van der Waals surface area contributed by atoms with E-state index in [4.69, 9.17) is 11.6 Å². The van der Waals surface area contributed by atoms with Crippen LogP contribution in [0.25, 0.3) is 0 Å². The van der Waals surface area contributed by atoms with Gasteiger partial charge >= 0.3 is 0 Å². The third kappa shape index (κ3) is 4.95. The van der Waals surface area contributed by atoms with Gasteiger partial charge in [0.05, 0.1) is 0 Å². The van der Waals surface area contributed by atoms with Gasteiger partial charge in [-0.25, -0.2) is 0 Å². The summed E-state index contributed by atoms with van der Waals surface area (Å²) in [7, 11) is 0. The van der Waals surface area contributed by atoms with E-state index >= 15 is 0 Å². The molecule has 0 spiro atoms. The number of benzene rings is 1. The Morgan fingerprint density at radius 1 is 1.18 bits per heavy atom. The molecule has 0 aromatic heterocycles. The Balaban J connectivity index is 2.58. The maximum atomic E-state index is 6.01. The summed E-state index contributed by atoms with van der Waals surface area (Å²) in [6, 6.07) is 6.21. The number of unbranched alkanes of at least 4 members (excludes halogenated alkanes) is 2. The van der Waals surface area contributed by atoms with E-state index in [0.717, 1.165) is 24.3 Å². The second kappa shape index (κ2) is 7.55. The first-order valence-electron chi connectivity index (χ1n) is 6.61. The van der Waals surface area contributed by atoms with Gasteiger partial charge in [0.1, 0.15) is 0 Å². The lowest BCUT2D eigenvalue weighted by molar-refractivity contribution is 0.706. The summed E-state index contributed by atoms with van der Waals surface area (Å²) in [5.41, 5.74) is 4.09. The molecular formula is C16H23Cl. The fourth-order valence-electron chi connectivity index (χ4n) is 2.08. The Kier molecular flexibility index (Phi) is 6.36. The van der Waals surface area contributed by atoms with Crippen molar-refractivity contribution in [2.24, 2.45) is 0 Å². The second-order valence-corrected chi connectivity index (χ2v) is 5.09. The van der Waals surface area contributed by atoms with Gasteiger partial charge in [0.25, 0.3) is 0 Å². The van der Waals surface area contributed by atoms with Crippen molar-refractivity contribution in [2.45, 2.75) is 52.4 Å². The van der Waals surface area contributed by atoms with Crippen molar-refractivity contribution in [1.82, 2.24) is 0 Å². The fraction of sp³-hybridized carbons (Fsp3) is 0.500. The van der Waals surface area contributed by atoms with Gasteiger partial charge in [0, 0.05) is 5.02 Å². The topological polar surface area (TPSA) is 0 Å². The van der Waals surface area contributed by atoms with Gasteiger partial charge in [-0.05, 0) is 48.9 Å². The molecule has 0 atom stereocenters. The van der Waals surface area contributed by atoms with Gasteiger partial charge in [0.15, 0.2) is 0 Å². The summed E-state index contributed by atoms with van der Waals surface area (Å²) in [6.07, 6.45) is 7.04. The van der Waals surface area contributed by atoms with Crippen LogP contribution < -0.4 is 0 Å². The summed E-state index contributed by atoms with van der Waals surface area (Å²) >= 11 is 6.01. The molecule has 0 saturated heterocycles. The lowest BCUT2D eigenvalue weighted by Gasteiger charge is -2.10. The van der Waals surface area contributed by atoms with E-state index in [0.29, 0.717) is 0 Å². The molecule has 94 valence electrons. The maximum Gasteiger partial charge on any atom is 0.0408 e. The molecule has 0 amide bonds. The van der Waals surface area contributed by atoms with Gasteiger partial charge in [-0.3, -0.25) is 0 Å². The number of hydrogen-bond donors (Lipinski definition) is 0. The molecule has 1 rings (SSSR count). The average molecular weight is 251 g/mol. The van der Waals surface area contributed by atoms with Crippen LogP contribution in [0.1, 0.15) is 50.7 Å². The van der Waals surface area contributed by atoms with E-state index in [9.17, 15) is 0 Å². The zero-order chi connectivity index (χ0) is 12.7. The van der Waals surface area contributed by atoms with Crippen molar-refractivity contribution >= 4 is 11.6 Å². The van der Waals surface area contributed by atoms with E-state index in [1.165, 1.54) is 36.0 Å². The highest BCUT2D eigenvalue weighted by atomic mass is 35.5. The molecule has 0 aliphatic heterocycles. The normalized spacial score (nSPS) is 10.5. The molecule has 0 aliphatic carbocycles. The lowest BCUT2D eigenvalue weighted by atomic mass is 9.96. The third-order valence-electron chi connectivity index (χ3n) is 3.12. The summed E-state index contributed by atoms with van der Waals surface area (Å²) in [6.45, 7) is 8.60. The van der Waals surface area contributed by atoms with Crippen LogP contribution in [0.5, 0.6) is 0 Å². The molecule has 0 N–H and O–H groups in total. The van der Waals surface area contributed by atoms with Gasteiger partial charge in [-0.1, -0.05) is 56.5 Å². The van der Waals surface area contributed by atoms with Crippen LogP contribution in [-0.2, 0) is 12.8 Å². The van der Waals surface area contributed by atoms with Gasteiger partial charge in [0.2, 0.25) is 0 Å². The van der Waals surface area contributed by atoms with Crippen LogP contribution in [0.2, 0.25) is 5.02 Å². The summed E-state index contributed by atoms with van der Waals surface area (Å²) in [4.78, 5) is 0. The molecule has 17 heavy (non-hydrogen) atoms. The minimum absolute atomic E-state index is 0.835. The second-order valence-electron chi connectivity index (χ2n) is 4.65. The minimum Gasteiger partial charge on any atom is -0.0995 e. The number of aryl methyl sites for hydroxylation is 1. The minimum atomic E-state index is 0.835. The van der Waals surface area contributed by atoms with Crippen molar-refractivity contribution < 1.29 is 0 Å². The number of allylic oxidation sites excluding steroid dienone is 1. The molecule has 0 heterocycles. The molecule has 0 nitrogen and oxygen atoms in total. The summed E-state index contributed by atoms with van der Waals surface area (Å²) < 4.78 is 0. The zero-order valence-electron chi connectivity index (χ0n) is 11.1. The average Bonchev–Trinajstić information content (AvgIpc) is 2.32. The molecule has 0 unspecified atom stereocenters. The van der Waals surface area contributed by atoms with Crippen LogP contribution in [0.4, 0.5) is 0 Å². The predicted molar refractivity (Wildman–Crippen MR) is 77.8 cm³/mol. The summed E-state index contributed by atoms with van der Waals surface area (Å²) in [5.74, 6) is 0. The maximum absolute atomic E-state index is 6.01. The predicted octanol–water partition coefficient (Wildman–Crippen LogP) is 5.58. The first-order chi connectivity index (χ1) is 8.17. The van der Waals surface area contributed by atoms with Crippen molar-refractivity contribution in [1.29, 1.82) is 0 Å². The zero-order valence-corrected chi connectivity index (χ0v) is 11.8. The highest BCUT2D eigenvalue weighted by Gasteiger charge is 2.04. The molecule has 0 bridgehead atoms. The highest BCUT2D eigenvalue weighted by molar-refractivity contribution is 6.30. The molecule has 0 aliphatic rings. The first kappa shape index (κ1) is 14.3. The summed E-state index contributed by atoms with van der Waals surface area (Å²) in [5, 5.41) is 0.835. The van der Waals surface area contributed by atoms with Crippen molar-refractivity contribution in [3.05, 3.63) is 46.5 Å². The van der Waals surface area contributed by atoms with E-state index in [1.54, 1.807) is 0 Å². The van der Waals surface area contributed by atoms with Crippen molar-refractivity contribution in [3.63, 3.8) is 0 Å². The standard InChI is InChI=1S/C16H23Cl/c1-4-6-7-8-13(3)11-15-9-10-16(17)12-14(15)5-2/h9-10,12H,3-8,11H2,1-2H3. The monoisotopic (exact) mass is 250 g/mol. The van der Waals surface area contributed by atoms with Crippen molar-refractivity contribution in [3.8, 4) is 0 Å². The number of rotatable bonds is 7. The lowest BCUT2D eigenvalue weighted by Crippen LogP contribution is -1.95. The highest BCUT2D eigenvalue weighted by Crippen LogP contribution is 2.21. The van der Waals surface area contributed by atoms with Gasteiger partial charge in [-0.15, -0.1) is 0 Å². The number of hydrogen-bond acceptors (Lipinski definition) is 0. The van der Waals surface area contributed by atoms with Crippen LogP contribution >= 0.6 is 11.6 Å². The Labute approximate surface area is 111 Å².